The highest BCUT2D eigenvalue weighted by molar-refractivity contribution is 6.28. The molecular formula is C12H12ClN3O. The highest BCUT2D eigenvalue weighted by atomic mass is 35.5. The number of amidine groups is 1. The molecule has 0 atom stereocenters. The lowest BCUT2D eigenvalue weighted by Crippen LogP contribution is -2.23. The van der Waals surface area contributed by atoms with Gasteiger partial charge >= 0.3 is 0 Å². The molecular weight excluding hydrogens is 238 g/mol. The zero-order valence-electron chi connectivity index (χ0n) is 9.11. The predicted octanol–water partition coefficient (Wildman–Crippen LogP) is 1.28. The minimum Gasteiger partial charge on any atom is -0.386 e. The summed E-state index contributed by atoms with van der Waals surface area (Å²) >= 11 is 5.53. The van der Waals surface area contributed by atoms with Crippen LogP contribution in [0.3, 0.4) is 0 Å². The molecule has 1 aromatic rings. The summed E-state index contributed by atoms with van der Waals surface area (Å²) in [5, 5.41) is 2.56. The van der Waals surface area contributed by atoms with Gasteiger partial charge in [-0.2, -0.15) is 0 Å². The molecule has 0 aliphatic carbocycles. The van der Waals surface area contributed by atoms with Crippen LogP contribution in [0.25, 0.3) is 0 Å². The third-order valence-corrected chi connectivity index (χ3v) is 2.17. The number of para-hydroxylation sites is 1. The topological polar surface area (TPSA) is 67.5 Å². The number of hydrogen-bond acceptors (Lipinski definition) is 2. The van der Waals surface area contributed by atoms with Gasteiger partial charge in [0, 0.05) is 0 Å². The Kier molecular flexibility index (Phi) is 5.05. The number of halogens is 1. The largest absolute Gasteiger partial charge is 0.386 e. The number of carbonyl (C=O) groups excluding carboxylic acids is 1. The van der Waals surface area contributed by atoms with Gasteiger partial charge < -0.3 is 11.1 Å². The van der Waals surface area contributed by atoms with E-state index in [0.29, 0.717) is 11.3 Å². The molecule has 0 unspecified atom stereocenters. The molecule has 0 saturated heterocycles. The molecule has 0 aromatic heterocycles. The van der Waals surface area contributed by atoms with Crippen molar-refractivity contribution in [1.29, 1.82) is 0 Å². The Hall–Kier alpha value is -1.99. The van der Waals surface area contributed by atoms with Crippen LogP contribution in [-0.4, -0.2) is 24.2 Å². The van der Waals surface area contributed by atoms with Gasteiger partial charge in [-0.05, 0) is 12.1 Å². The highest BCUT2D eigenvalue weighted by Gasteiger charge is 2.09. The molecule has 4 nitrogen and oxygen atoms in total. The van der Waals surface area contributed by atoms with Crippen molar-refractivity contribution in [2.45, 2.75) is 0 Å². The molecule has 0 spiro atoms. The molecule has 0 radical (unpaired) electrons. The maximum Gasteiger partial charge on any atom is 0.254 e. The van der Waals surface area contributed by atoms with Crippen molar-refractivity contribution in [1.82, 2.24) is 5.32 Å². The third kappa shape index (κ3) is 3.82. The number of amides is 1. The van der Waals surface area contributed by atoms with E-state index in [9.17, 15) is 4.79 Å². The number of aliphatic imine (C=N–C) groups is 1. The number of carbonyl (C=O) groups is 1. The average molecular weight is 250 g/mol. The number of nitrogens with two attached hydrogens (primary N) is 1. The summed E-state index contributed by atoms with van der Waals surface area (Å²) < 4.78 is 0. The Morgan fingerprint density at radius 1 is 1.53 bits per heavy atom. The summed E-state index contributed by atoms with van der Waals surface area (Å²) in [4.78, 5) is 15.8. The van der Waals surface area contributed by atoms with E-state index in [1.165, 1.54) is 0 Å². The van der Waals surface area contributed by atoms with Crippen LogP contribution < -0.4 is 11.1 Å². The highest BCUT2D eigenvalue weighted by Crippen LogP contribution is 2.18. The Labute approximate surface area is 105 Å². The first-order valence-electron chi connectivity index (χ1n) is 4.88. The van der Waals surface area contributed by atoms with Crippen LogP contribution in [0, 0.1) is 12.3 Å². The third-order valence-electron chi connectivity index (χ3n) is 1.90. The van der Waals surface area contributed by atoms with Gasteiger partial charge in [0.05, 0.1) is 23.7 Å². The average Bonchev–Trinajstić information content (AvgIpc) is 2.36. The Balaban J connectivity index is 3.00. The fraction of sp³-hybridized carbons (Fsp3) is 0.167. The van der Waals surface area contributed by atoms with Crippen LogP contribution in [0.4, 0.5) is 5.69 Å². The van der Waals surface area contributed by atoms with Crippen molar-refractivity contribution < 1.29 is 4.79 Å². The number of hydrogen-bond donors (Lipinski definition) is 2. The van der Waals surface area contributed by atoms with Crippen molar-refractivity contribution in [3.05, 3.63) is 29.8 Å². The maximum absolute atomic E-state index is 11.7. The van der Waals surface area contributed by atoms with E-state index < -0.39 is 0 Å². The molecule has 88 valence electrons. The summed E-state index contributed by atoms with van der Waals surface area (Å²) in [7, 11) is 0. The van der Waals surface area contributed by atoms with Crippen LogP contribution >= 0.6 is 11.6 Å². The number of alkyl halides is 1. The van der Waals surface area contributed by atoms with E-state index in [2.05, 4.69) is 16.2 Å². The van der Waals surface area contributed by atoms with Crippen LogP contribution in [0.2, 0.25) is 0 Å². The zero-order valence-corrected chi connectivity index (χ0v) is 9.87. The Morgan fingerprint density at radius 3 is 2.88 bits per heavy atom. The van der Waals surface area contributed by atoms with E-state index in [0.717, 1.165) is 0 Å². The van der Waals surface area contributed by atoms with Gasteiger partial charge in [0.25, 0.3) is 5.91 Å². The van der Waals surface area contributed by atoms with Gasteiger partial charge in [-0.25, -0.2) is 4.99 Å². The predicted molar refractivity (Wildman–Crippen MR) is 69.6 cm³/mol. The van der Waals surface area contributed by atoms with Gasteiger partial charge in [0.15, 0.2) is 0 Å². The molecule has 0 aliphatic rings. The Bertz CT molecular complexity index is 477. The lowest BCUT2D eigenvalue weighted by molar-refractivity contribution is 0.0959. The molecule has 0 aliphatic heterocycles. The van der Waals surface area contributed by atoms with Crippen LogP contribution in [-0.2, 0) is 0 Å². The van der Waals surface area contributed by atoms with Gasteiger partial charge in [-0.15, -0.1) is 18.0 Å². The first kappa shape index (κ1) is 13.1. The van der Waals surface area contributed by atoms with E-state index in [1.807, 2.05) is 0 Å². The lowest BCUT2D eigenvalue weighted by atomic mass is 10.1. The molecule has 17 heavy (non-hydrogen) atoms. The maximum atomic E-state index is 11.7. The van der Waals surface area contributed by atoms with E-state index in [4.69, 9.17) is 23.8 Å². The Morgan fingerprint density at radius 2 is 2.24 bits per heavy atom. The van der Waals surface area contributed by atoms with E-state index >= 15 is 0 Å². The fourth-order valence-corrected chi connectivity index (χ4v) is 1.23. The monoisotopic (exact) mass is 249 g/mol. The second-order valence-electron chi connectivity index (χ2n) is 3.14. The van der Waals surface area contributed by atoms with Gasteiger partial charge in [0.1, 0.15) is 5.84 Å². The quantitative estimate of drug-likeness (QED) is 0.365. The molecule has 5 heteroatoms. The molecule has 1 aromatic carbocycles. The van der Waals surface area contributed by atoms with Gasteiger partial charge in [-0.3, -0.25) is 4.79 Å². The van der Waals surface area contributed by atoms with Crippen molar-refractivity contribution >= 4 is 29.0 Å². The minimum atomic E-state index is -0.287. The minimum absolute atomic E-state index is 0.111. The number of nitrogens with zero attached hydrogens (tertiary/aromatic N) is 1. The number of benzene rings is 1. The number of rotatable bonds is 4. The molecule has 0 bridgehead atoms. The van der Waals surface area contributed by atoms with Gasteiger partial charge in [0.2, 0.25) is 0 Å². The number of terminal acetylenes is 1. The number of nitrogens with one attached hydrogen (secondary N) is 1. The molecule has 1 amide bonds. The van der Waals surface area contributed by atoms with E-state index in [-0.39, 0.29) is 24.2 Å². The van der Waals surface area contributed by atoms with Gasteiger partial charge in [-0.1, -0.05) is 18.1 Å². The van der Waals surface area contributed by atoms with Crippen molar-refractivity contribution in [2.24, 2.45) is 10.7 Å². The van der Waals surface area contributed by atoms with Crippen LogP contribution in [0.1, 0.15) is 10.4 Å². The summed E-state index contributed by atoms with van der Waals surface area (Å²) in [6, 6.07) is 6.83. The summed E-state index contributed by atoms with van der Waals surface area (Å²) in [5.41, 5.74) is 6.41. The van der Waals surface area contributed by atoms with Crippen LogP contribution in [0.5, 0.6) is 0 Å². The molecule has 0 fully saturated rings. The summed E-state index contributed by atoms with van der Waals surface area (Å²) in [6.07, 6.45) is 5.07. The molecule has 0 saturated carbocycles. The standard InChI is InChI=1S/C12H12ClN3O/c1-2-7-15-12(17)9-5-3-4-6-10(9)16-11(14)8-13/h1,3-6H,7-8H2,(H2,14,16)(H,15,17). The summed E-state index contributed by atoms with van der Waals surface area (Å²) in [5.74, 6) is 2.40. The molecule has 3 N–H and O–H groups in total. The van der Waals surface area contributed by atoms with Crippen LogP contribution in [0.15, 0.2) is 29.3 Å². The SMILES string of the molecule is C#CCNC(=O)c1ccccc1N=C(N)CCl. The molecule has 1 rings (SSSR count). The first-order valence-corrected chi connectivity index (χ1v) is 5.42. The van der Waals surface area contributed by atoms with Crippen molar-refractivity contribution in [3.63, 3.8) is 0 Å². The molecule has 0 heterocycles. The zero-order chi connectivity index (χ0) is 12.7. The second kappa shape index (κ2) is 6.56. The smallest absolute Gasteiger partial charge is 0.254 e. The fourth-order valence-electron chi connectivity index (χ4n) is 1.17. The second-order valence-corrected chi connectivity index (χ2v) is 3.41. The van der Waals surface area contributed by atoms with E-state index in [1.54, 1.807) is 24.3 Å². The first-order chi connectivity index (χ1) is 8.19. The lowest BCUT2D eigenvalue weighted by Gasteiger charge is -2.05. The van der Waals surface area contributed by atoms with Crippen molar-refractivity contribution in [2.75, 3.05) is 12.4 Å². The van der Waals surface area contributed by atoms with Crippen molar-refractivity contribution in [3.8, 4) is 12.3 Å². The summed E-state index contributed by atoms with van der Waals surface area (Å²) in [6.45, 7) is 0.169. The normalized spacial score (nSPS) is 10.7.